The fraction of sp³-hybridized carbons (Fsp3) is 0.667. The molecule has 0 saturated carbocycles. The predicted octanol–water partition coefficient (Wildman–Crippen LogP) is -6.35. The standard InChI is InChI=1S/C6H12NO4S.2Li/c1-6(2,3)11-5(8)7-12(4,9)10;;/h4H2,1-3H3,(H,7,8);;/q-1;2*+1/p-1. The Balaban J connectivity index is -0.000000605. The summed E-state index contributed by atoms with van der Waals surface area (Å²) in [5.74, 6) is 0. The SMILES string of the molecule is [CH2-]S(=O)(=O)/N=C(\[O-])OC(C)(C)C.[Li+].[Li+]. The van der Waals surface area contributed by atoms with Crippen LogP contribution in [0.4, 0.5) is 0 Å². The van der Waals surface area contributed by atoms with Gasteiger partial charge < -0.3 is 9.84 Å². The van der Waals surface area contributed by atoms with E-state index in [0.29, 0.717) is 0 Å². The predicted molar refractivity (Wildman–Crippen MR) is 42.5 cm³/mol. The van der Waals surface area contributed by atoms with Crippen LogP contribution >= 0.6 is 0 Å². The van der Waals surface area contributed by atoms with Gasteiger partial charge in [-0.15, -0.1) is 0 Å². The number of hydrogen-bond acceptors (Lipinski definition) is 4. The minimum atomic E-state index is -3.90. The molecule has 0 fully saturated rings. The minimum Gasteiger partial charge on any atom is -0.594 e. The number of rotatable bonds is 1. The van der Waals surface area contributed by atoms with Crippen molar-refractivity contribution in [2.24, 2.45) is 4.40 Å². The molecule has 0 unspecified atom stereocenters. The third kappa shape index (κ3) is 14.9. The Kier molecular flexibility index (Phi) is 9.69. The fourth-order valence-electron chi connectivity index (χ4n) is 0.394. The molecule has 0 rings (SSSR count). The number of ether oxygens (including phenoxy) is 1. The van der Waals surface area contributed by atoms with Crippen molar-refractivity contribution in [1.82, 2.24) is 0 Å². The summed E-state index contributed by atoms with van der Waals surface area (Å²) >= 11 is 0. The summed E-state index contributed by atoms with van der Waals surface area (Å²) in [7, 11) is -3.90. The van der Waals surface area contributed by atoms with Crippen molar-refractivity contribution in [3.8, 4) is 0 Å². The molecule has 0 atom stereocenters. The summed E-state index contributed by atoms with van der Waals surface area (Å²) in [5, 5.41) is 10.7. The molecule has 5 nitrogen and oxygen atoms in total. The zero-order valence-electron chi connectivity index (χ0n) is 9.20. The maximum atomic E-state index is 10.7. The van der Waals surface area contributed by atoms with Crippen molar-refractivity contribution in [3.05, 3.63) is 6.26 Å². The van der Waals surface area contributed by atoms with Gasteiger partial charge in [-0.05, 0) is 0 Å². The van der Waals surface area contributed by atoms with Crippen molar-refractivity contribution in [2.75, 3.05) is 0 Å². The van der Waals surface area contributed by atoms with Gasteiger partial charge in [0.05, 0.1) is 0 Å². The fourth-order valence-corrected chi connectivity index (χ4v) is 0.659. The van der Waals surface area contributed by atoms with Crippen LogP contribution < -0.4 is 42.8 Å². The van der Waals surface area contributed by atoms with Crippen molar-refractivity contribution in [2.45, 2.75) is 26.4 Å². The van der Waals surface area contributed by atoms with Crippen LogP contribution in [0.5, 0.6) is 0 Å². The average molecular weight is 207 g/mol. The van der Waals surface area contributed by atoms with Crippen LogP contribution in [0.15, 0.2) is 4.40 Å². The maximum absolute atomic E-state index is 10.7. The van der Waals surface area contributed by atoms with Gasteiger partial charge in [-0.2, -0.15) is 4.40 Å². The molecule has 0 bridgehead atoms. The molecule has 0 aromatic rings. The number of nitrogens with zero attached hydrogens (tertiary/aromatic N) is 1. The first kappa shape index (κ1) is 19.9. The molecule has 0 aromatic carbocycles. The molecule has 0 spiro atoms. The van der Waals surface area contributed by atoms with Crippen molar-refractivity contribution >= 4 is 16.1 Å². The second-order valence-electron chi connectivity index (χ2n) is 3.15. The topological polar surface area (TPSA) is 78.8 Å². The van der Waals surface area contributed by atoms with E-state index in [1.807, 2.05) is 0 Å². The smallest absolute Gasteiger partial charge is 0.594 e. The molecule has 0 aliphatic rings. The molecule has 0 aromatic heterocycles. The molecule has 0 aliphatic carbocycles. The van der Waals surface area contributed by atoms with Crippen molar-refractivity contribution in [1.29, 1.82) is 0 Å². The number of sulfonamides is 1. The first-order valence-electron chi connectivity index (χ1n) is 3.14. The van der Waals surface area contributed by atoms with Crippen LogP contribution in [0.25, 0.3) is 0 Å². The molecule has 0 N–H and O–H groups in total. The van der Waals surface area contributed by atoms with E-state index in [2.05, 4.69) is 15.4 Å². The van der Waals surface area contributed by atoms with E-state index in [0.717, 1.165) is 0 Å². The first-order valence-corrected chi connectivity index (χ1v) is 4.75. The minimum absolute atomic E-state index is 0. The quantitative estimate of drug-likeness (QED) is 0.185. The van der Waals surface area contributed by atoms with Crippen LogP contribution in [0.2, 0.25) is 0 Å². The third-order valence-electron chi connectivity index (χ3n) is 0.607. The Hall–Kier alpha value is 0.415. The Morgan fingerprint density at radius 1 is 1.36 bits per heavy atom. The van der Waals surface area contributed by atoms with Crippen LogP contribution in [0, 0.1) is 6.26 Å². The van der Waals surface area contributed by atoms with Gasteiger partial charge in [0, 0.05) is 5.60 Å². The van der Waals surface area contributed by atoms with Crippen LogP contribution in [-0.4, -0.2) is 20.1 Å². The van der Waals surface area contributed by atoms with E-state index < -0.39 is 21.7 Å². The summed E-state index contributed by atoms with van der Waals surface area (Å²) in [4.78, 5) is 0. The van der Waals surface area contributed by atoms with Gasteiger partial charge in [-0.1, -0.05) is 20.8 Å². The van der Waals surface area contributed by atoms with Crippen molar-refractivity contribution < 1.29 is 56.0 Å². The second-order valence-corrected chi connectivity index (χ2v) is 4.50. The second kappa shape index (κ2) is 6.82. The zero-order chi connectivity index (χ0) is 9.99. The largest absolute Gasteiger partial charge is 1.00 e. The van der Waals surface area contributed by atoms with Crippen LogP contribution in [0.3, 0.4) is 0 Å². The van der Waals surface area contributed by atoms with Gasteiger partial charge in [0.15, 0.2) is 6.08 Å². The van der Waals surface area contributed by atoms with Gasteiger partial charge in [0.25, 0.3) is 0 Å². The molecule has 0 amide bonds. The molecule has 72 valence electrons. The van der Waals surface area contributed by atoms with Gasteiger partial charge in [-0.25, -0.2) is 14.7 Å². The molecule has 0 saturated heterocycles. The molecule has 14 heavy (non-hydrogen) atoms. The molecule has 8 heteroatoms. The van der Waals surface area contributed by atoms with E-state index in [1.165, 1.54) is 0 Å². The van der Waals surface area contributed by atoms with Crippen LogP contribution in [0.1, 0.15) is 20.8 Å². The molecule has 0 heterocycles. The van der Waals surface area contributed by atoms with Crippen molar-refractivity contribution in [3.63, 3.8) is 0 Å². The molecular weight excluding hydrogens is 196 g/mol. The van der Waals surface area contributed by atoms with Gasteiger partial charge in [-0.3, -0.25) is 0 Å². The Labute approximate surface area is 109 Å². The normalized spacial score (nSPS) is 12.4. The number of hydrogen-bond donors (Lipinski definition) is 0. The average Bonchev–Trinajstić information content (AvgIpc) is 1.49. The van der Waals surface area contributed by atoms with Crippen LogP contribution in [-0.2, 0) is 14.8 Å². The summed E-state index contributed by atoms with van der Waals surface area (Å²) in [6.45, 7) is 4.82. The first-order chi connectivity index (χ1) is 5.10. The monoisotopic (exact) mass is 207 g/mol. The molecule has 0 aliphatic heterocycles. The van der Waals surface area contributed by atoms with E-state index in [-0.39, 0.29) is 37.7 Å². The van der Waals surface area contributed by atoms with Gasteiger partial charge in [0.1, 0.15) is 10.0 Å². The summed E-state index contributed by atoms with van der Waals surface area (Å²) in [6, 6.07) is 0. The summed E-state index contributed by atoms with van der Waals surface area (Å²) in [6.07, 6.45) is 1.50. The summed E-state index contributed by atoms with van der Waals surface area (Å²) in [5.41, 5.74) is -0.745. The van der Waals surface area contributed by atoms with E-state index in [1.54, 1.807) is 20.8 Å². The van der Waals surface area contributed by atoms with E-state index >= 15 is 0 Å². The Morgan fingerprint density at radius 2 is 1.71 bits per heavy atom. The zero-order valence-corrected chi connectivity index (χ0v) is 10.0. The molecule has 0 radical (unpaired) electrons. The third-order valence-corrected chi connectivity index (χ3v) is 1.03. The Bertz CT molecular complexity index is 281. The van der Waals surface area contributed by atoms with Gasteiger partial charge >= 0.3 is 37.7 Å². The van der Waals surface area contributed by atoms with E-state index in [9.17, 15) is 13.5 Å². The Morgan fingerprint density at radius 3 is 1.93 bits per heavy atom. The van der Waals surface area contributed by atoms with E-state index in [4.69, 9.17) is 0 Å². The van der Waals surface area contributed by atoms with Gasteiger partial charge in [0.2, 0.25) is 0 Å². The summed E-state index contributed by atoms with van der Waals surface area (Å²) < 4.78 is 28.0. The molecular formula is C6H11Li2NO4S. The maximum Gasteiger partial charge on any atom is 1.00 e.